The molecule has 4 rings (SSSR count). The van der Waals surface area contributed by atoms with Gasteiger partial charge in [-0.25, -0.2) is 9.98 Å². The topological polar surface area (TPSA) is 136 Å². The molecule has 3 aliphatic rings. The molecule has 11 heteroatoms. The molecule has 0 bridgehead atoms. The quantitative estimate of drug-likeness (QED) is 0.405. The van der Waals surface area contributed by atoms with Crippen LogP contribution >= 0.6 is 33.9 Å². The van der Waals surface area contributed by atoms with Gasteiger partial charge in [0.15, 0.2) is 17.7 Å². The molecule has 3 aliphatic heterocycles. The van der Waals surface area contributed by atoms with Crippen molar-refractivity contribution in [2.24, 2.45) is 20.7 Å². The second kappa shape index (κ2) is 6.89. The first-order valence-electron chi connectivity index (χ1n) is 8.02. The standard InChI is InChI=1S/C15H18IN5O4S/c16-9-2-1-7(26-9)3-15(17)12-13(18-5-20-15)21(6-19-12)14-11(24)10(23)8(4-22)25-14/h1-2,5,8,10-11,14,22-24H,3-4,6,17H2/t8-,10-,11-,14-,15?/m1/s1. The van der Waals surface area contributed by atoms with Crippen LogP contribution in [-0.2, 0) is 11.2 Å². The van der Waals surface area contributed by atoms with Crippen LogP contribution in [0.1, 0.15) is 4.88 Å². The number of nitrogens with two attached hydrogens (primary N) is 1. The molecule has 4 heterocycles. The average molecular weight is 491 g/mol. The highest BCUT2D eigenvalue weighted by molar-refractivity contribution is 14.1. The molecular weight excluding hydrogens is 473 g/mol. The van der Waals surface area contributed by atoms with Crippen molar-refractivity contribution in [3.8, 4) is 0 Å². The summed E-state index contributed by atoms with van der Waals surface area (Å²) < 4.78 is 6.76. The van der Waals surface area contributed by atoms with Crippen molar-refractivity contribution in [3.63, 3.8) is 0 Å². The van der Waals surface area contributed by atoms with Crippen molar-refractivity contribution >= 4 is 51.8 Å². The summed E-state index contributed by atoms with van der Waals surface area (Å²) in [6, 6.07) is 4.04. The summed E-state index contributed by atoms with van der Waals surface area (Å²) in [5, 5.41) is 29.6. The number of thiophene rings is 1. The monoisotopic (exact) mass is 491 g/mol. The van der Waals surface area contributed by atoms with E-state index in [0.717, 1.165) is 7.76 Å². The van der Waals surface area contributed by atoms with Crippen molar-refractivity contribution in [2.75, 3.05) is 13.3 Å². The van der Waals surface area contributed by atoms with E-state index in [-0.39, 0.29) is 13.3 Å². The van der Waals surface area contributed by atoms with E-state index >= 15 is 0 Å². The van der Waals surface area contributed by atoms with Gasteiger partial charge in [0.2, 0.25) is 0 Å². The molecule has 5 N–H and O–H groups in total. The molecule has 0 saturated carbocycles. The summed E-state index contributed by atoms with van der Waals surface area (Å²) in [6.45, 7) is -0.201. The maximum atomic E-state index is 10.3. The first-order chi connectivity index (χ1) is 12.4. The minimum Gasteiger partial charge on any atom is -0.394 e. The third kappa shape index (κ3) is 3.00. The minimum absolute atomic E-state index is 0.186. The van der Waals surface area contributed by atoms with Crippen molar-refractivity contribution in [2.45, 2.75) is 36.6 Å². The maximum Gasteiger partial charge on any atom is 0.162 e. The molecule has 1 aromatic heterocycles. The van der Waals surface area contributed by atoms with Crippen LogP contribution in [0.25, 0.3) is 0 Å². The van der Waals surface area contributed by atoms with Crippen molar-refractivity contribution in [3.05, 3.63) is 19.9 Å². The van der Waals surface area contributed by atoms with Gasteiger partial charge in [-0.05, 0) is 34.7 Å². The first-order valence-corrected chi connectivity index (χ1v) is 9.91. The van der Waals surface area contributed by atoms with Crippen LogP contribution < -0.4 is 5.73 Å². The molecule has 26 heavy (non-hydrogen) atoms. The van der Waals surface area contributed by atoms with E-state index in [1.54, 1.807) is 16.2 Å². The number of ether oxygens (including phenoxy) is 1. The molecule has 1 saturated heterocycles. The summed E-state index contributed by atoms with van der Waals surface area (Å²) in [6.07, 6.45) is -2.20. The molecular formula is C15H18IN5O4S. The molecule has 1 aromatic rings. The van der Waals surface area contributed by atoms with Gasteiger partial charge in [-0.3, -0.25) is 4.99 Å². The Labute approximate surface area is 167 Å². The van der Waals surface area contributed by atoms with Crippen LogP contribution in [0, 0.1) is 2.88 Å². The van der Waals surface area contributed by atoms with Crippen molar-refractivity contribution in [1.82, 2.24) is 4.90 Å². The highest BCUT2D eigenvalue weighted by atomic mass is 127. The van der Waals surface area contributed by atoms with Gasteiger partial charge in [-0.2, -0.15) is 0 Å². The van der Waals surface area contributed by atoms with Crippen LogP contribution in [0.3, 0.4) is 0 Å². The van der Waals surface area contributed by atoms with Gasteiger partial charge in [0.25, 0.3) is 0 Å². The van der Waals surface area contributed by atoms with Crippen LogP contribution in [-0.4, -0.2) is 81.6 Å². The van der Waals surface area contributed by atoms with Crippen LogP contribution in [0.2, 0.25) is 0 Å². The summed E-state index contributed by atoms with van der Waals surface area (Å²) in [4.78, 5) is 15.9. The zero-order valence-electron chi connectivity index (χ0n) is 13.6. The Hall–Kier alpha value is -0.960. The van der Waals surface area contributed by atoms with Gasteiger partial charge in [0.1, 0.15) is 37.0 Å². The fourth-order valence-corrected chi connectivity index (χ4v) is 5.16. The number of nitrogens with zero attached hydrogens (tertiary/aromatic N) is 4. The lowest BCUT2D eigenvalue weighted by Gasteiger charge is -2.32. The van der Waals surface area contributed by atoms with E-state index in [0.29, 0.717) is 18.0 Å². The number of amidine groups is 1. The molecule has 0 amide bonds. The summed E-state index contributed by atoms with van der Waals surface area (Å²) in [5.41, 5.74) is 6.02. The first kappa shape index (κ1) is 18.4. The van der Waals surface area contributed by atoms with E-state index < -0.39 is 30.2 Å². The summed E-state index contributed by atoms with van der Waals surface area (Å²) >= 11 is 3.90. The third-order valence-corrected chi connectivity index (χ3v) is 6.53. The van der Waals surface area contributed by atoms with Crippen LogP contribution in [0.5, 0.6) is 0 Å². The lowest BCUT2D eigenvalue weighted by molar-refractivity contribution is -0.0688. The SMILES string of the molecule is NC1(Cc2ccc(I)s2)N=CN=C2C1=NCN2[C@@H]1O[C@H](CO)[C@@H](O)[C@H]1O. The molecule has 1 unspecified atom stereocenters. The molecule has 0 radical (unpaired) electrons. The van der Waals surface area contributed by atoms with Gasteiger partial charge in [0.05, 0.1) is 9.49 Å². The van der Waals surface area contributed by atoms with Gasteiger partial charge >= 0.3 is 0 Å². The number of hydrogen-bond acceptors (Lipinski definition) is 10. The van der Waals surface area contributed by atoms with E-state index in [4.69, 9.17) is 10.5 Å². The number of aliphatic imine (C=N–C) groups is 3. The highest BCUT2D eigenvalue weighted by Gasteiger charge is 2.50. The lowest BCUT2D eigenvalue weighted by atomic mass is 9.98. The largest absolute Gasteiger partial charge is 0.394 e. The molecule has 0 spiro atoms. The molecule has 5 atom stereocenters. The van der Waals surface area contributed by atoms with Crippen molar-refractivity contribution < 1.29 is 20.1 Å². The Bertz CT molecular complexity index is 799. The Balaban J connectivity index is 1.57. The van der Waals surface area contributed by atoms with Crippen LogP contribution in [0.4, 0.5) is 0 Å². The van der Waals surface area contributed by atoms with Crippen molar-refractivity contribution in [1.29, 1.82) is 0 Å². The fourth-order valence-electron chi connectivity index (χ4n) is 3.31. The third-order valence-electron chi connectivity index (χ3n) is 4.64. The summed E-state index contributed by atoms with van der Waals surface area (Å²) in [5.74, 6) is 0.476. The molecule has 0 aliphatic carbocycles. The average Bonchev–Trinajstić information content (AvgIpc) is 3.28. The molecule has 9 nitrogen and oxygen atoms in total. The number of hydrogen-bond donors (Lipinski definition) is 4. The Kier molecular flexibility index (Phi) is 4.88. The van der Waals surface area contributed by atoms with E-state index in [9.17, 15) is 15.3 Å². The van der Waals surface area contributed by atoms with Crippen LogP contribution in [0.15, 0.2) is 27.1 Å². The maximum absolute atomic E-state index is 10.3. The Morgan fingerprint density at radius 1 is 1.38 bits per heavy atom. The van der Waals surface area contributed by atoms with E-state index in [1.165, 1.54) is 6.34 Å². The minimum atomic E-state index is -1.19. The molecule has 140 valence electrons. The number of aliphatic hydroxyl groups excluding tert-OH is 3. The number of rotatable bonds is 4. The highest BCUT2D eigenvalue weighted by Crippen LogP contribution is 2.31. The molecule has 1 fully saturated rings. The van der Waals surface area contributed by atoms with Gasteiger partial charge in [-0.15, -0.1) is 11.3 Å². The number of fused-ring (bicyclic) bond motifs is 1. The van der Waals surface area contributed by atoms with E-state index in [1.807, 2.05) is 12.1 Å². The molecule has 0 aromatic carbocycles. The summed E-state index contributed by atoms with van der Waals surface area (Å²) in [7, 11) is 0. The predicted octanol–water partition coefficient (Wildman–Crippen LogP) is -0.856. The normalized spacial score (nSPS) is 36.3. The Morgan fingerprint density at radius 3 is 2.85 bits per heavy atom. The van der Waals surface area contributed by atoms with Gasteiger partial charge in [0, 0.05) is 11.3 Å². The zero-order valence-corrected chi connectivity index (χ0v) is 16.5. The van der Waals surface area contributed by atoms with Gasteiger partial charge in [-0.1, -0.05) is 0 Å². The zero-order chi connectivity index (χ0) is 18.5. The fraction of sp³-hybridized carbons (Fsp3) is 0.533. The second-order valence-corrected chi connectivity index (χ2v) is 9.41. The lowest BCUT2D eigenvalue weighted by Crippen LogP contribution is -2.56. The van der Waals surface area contributed by atoms with Gasteiger partial charge < -0.3 is 30.7 Å². The van der Waals surface area contributed by atoms with E-state index in [2.05, 4.69) is 37.6 Å². The Morgan fingerprint density at radius 2 is 2.19 bits per heavy atom. The predicted molar refractivity (Wildman–Crippen MR) is 105 cm³/mol. The number of aliphatic hydroxyl groups is 3. The smallest absolute Gasteiger partial charge is 0.162 e. The second-order valence-electron chi connectivity index (χ2n) is 6.35. The number of halogens is 1.